The van der Waals surface area contributed by atoms with E-state index in [9.17, 15) is 14.4 Å². The van der Waals surface area contributed by atoms with Crippen molar-refractivity contribution in [1.29, 1.82) is 0 Å². The van der Waals surface area contributed by atoms with Gasteiger partial charge in [-0.2, -0.15) is 0 Å². The first-order valence-corrected chi connectivity index (χ1v) is 34.5. The summed E-state index contributed by atoms with van der Waals surface area (Å²) in [5, 5.41) is 0. The van der Waals surface area contributed by atoms with Crippen molar-refractivity contribution in [3.05, 3.63) is 122 Å². The van der Waals surface area contributed by atoms with Gasteiger partial charge in [0.1, 0.15) is 13.2 Å². The van der Waals surface area contributed by atoms with E-state index in [1.807, 2.05) is 6.08 Å². The fourth-order valence-electron chi connectivity index (χ4n) is 9.64. The summed E-state index contributed by atoms with van der Waals surface area (Å²) in [6, 6.07) is 0. The van der Waals surface area contributed by atoms with Crippen LogP contribution in [0.25, 0.3) is 0 Å². The van der Waals surface area contributed by atoms with Gasteiger partial charge in [-0.15, -0.1) is 0 Å². The van der Waals surface area contributed by atoms with E-state index in [0.717, 1.165) is 116 Å². The molecule has 0 aliphatic carbocycles. The van der Waals surface area contributed by atoms with Crippen molar-refractivity contribution >= 4 is 17.9 Å². The average Bonchev–Trinajstić information content (AvgIpc) is 3.47. The van der Waals surface area contributed by atoms with Crippen molar-refractivity contribution in [2.24, 2.45) is 0 Å². The van der Waals surface area contributed by atoms with E-state index in [0.29, 0.717) is 12.8 Å². The Morgan fingerprint density at radius 1 is 0.256 bits per heavy atom. The first-order valence-electron chi connectivity index (χ1n) is 34.5. The molecule has 0 aromatic heterocycles. The Hall–Kier alpha value is -4.19. The smallest absolute Gasteiger partial charge is 0.306 e. The number of allylic oxidation sites excluding steroid dienone is 20. The zero-order chi connectivity index (χ0) is 59.2. The molecular formula is C76H128O6. The third-order valence-electron chi connectivity index (χ3n) is 14.7. The minimum Gasteiger partial charge on any atom is -0.462 e. The Morgan fingerprint density at radius 3 is 0.817 bits per heavy atom. The van der Waals surface area contributed by atoms with Gasteiger partial charge in [-0.3, -0.25) is 14.4 Å². The molecule has 0 saturated heterocycles. The van der Waals surface area contributed by atoms with Gasteiger partial charge in [0.2, 0.25) is 0 Å². The quantitative estimate of drug-likeness (QED) is 0.0261. The molecule has 0 N–H and O–H groups in total. The maximum Gasteiger partial charge on any atom is 0.306 e. The van der Waals surface area contributed by atoms with Crippen LogP contribution in [-0.2, 0) is 28.6 Å². The molecule has 0 amide bonds. The van der Waals surface area contributed by atoms with E-state index >= 15 is 0 Å². The summed E-state index contributed by atoms with van der Waals surface area (Å²) >= 11 is 0. The molecule has 0 rings (SSSR count). The van der Waals surface area contributed by atoms with Crippen molar-refractivity contribution in [2.75, 3.05) is 13.2 Å². The Kier molecular flexibility index (Phi) is 65.8. The molecule has 6 heteroatoms. The van der Waals surface area contributed by atoms with Gasteiger partial charge in [0, 0.05) is 19.3 Å². The van der Waals surface area contributed by atoms with E-state index in [-0.39, 0.29) is 44.0 Å². The predicted molar refractivity (Wildman–Crippen MR) is 357 cm³/mol. The largest absolute Gasteiger partial charge is 0.462 e. The molecule has 0 aromatic carbocycles. The van der Waals surface area contributed by atoms with Crippen LogP contribution < -0.4 is 0 Å². The Labute approximate surface area is 507 Å². The molecule has 0 aromatic rings. The highest BCUT2D eigenvalue weighted by atomic mass is 16.6. The predicted octanol–water partition coefficient (Wildman–Crippen LogP) is 23.9. The van der Waals surface area contributed by atoms with Gasteiger partial charge in [0.15, 0.2) is 6.10 Å². The molecule has 0 saturated carbocycles. The van der Waals surface area contributed by atoms with Crippen LogP contribution in [0.15, 0.2) is 122 Å². The molecule has 6 nitrogen and oxygen atoms in total. The van der Waals surface area contributed by atoms with Crippen molar-refractivity contribution in [3.63, 3.8) is 0 Å². The first-order chi connectivity index (χ1) is 40.5. The second kappa shape index (κ2) is 69.3. The summed E-state index contributed by atoms with van der Waals surface area (Å²) in [5.41, 5.74) is 0. The van der Waals surface area contributed by atoms with Crippen LogP contribution in [0, 0.1) is 0 Å². The number of esters is 3. The number of ether oxygens (including phenoxy) is 3. The summed E-state index contributed by atoms with van der Waals surface area (Å²) in [7, 11) is 0. The van der Waals surface area contributed by atoms with Crippen molar-refractivity contribution in [1.82, 2.24) is 0 Å². The Balaban J connectivity index is 4.33. The standard InChI is InChI=1S/C76H128O6/c1-4-7-10-13-16-19-22-25-27-29-31-33-35-36-37-38-39-41-42-44-46-48-51-54-57-60-63-66-69-75(78)81-72-73(71-80-74(77)68-65-62-59-56-53-50-24-21-18-15-12-9-6-3)82-76(79)70-67-64-61-58-55-52-49-47-45-43-40-34-32-30-28-26-23-20-17-14-11-8-5-2/h8-9,11-12,17-18,20-21,26,28,32,34,43,45,49-50,52-53,59,62,73H,4-7,10,13-16,19,22-25,27,29-31,33,35-42,44,46-48,51,54-58,60-61,63-72H2,1-3H3/b11-8-,12-9-,20-17-,21-18-,28-26-,34-32-,45-43-,52-49-,53-50-,62-59-. The second-order valence-electron chi connectivity index (χ2n) is 22.7. The normalized spacial score (nSPS) is 12.9. The van der Waals surface area contributed by atoms with E-state index in [1.165, 1.54) is 161 Å². The van der Waals surface area contributed by atoms with E-state index in [4.69, 9.17) is 14.2 Å². The lowest BCUT2D eigenvalue weighted by Crippen LogP contribution is -2.30. The maximum absolute atomic E-state index is 12.9. The molecule has 0 aliphatic rings. The van der Waals surface area contributed by atoms with Gasteiger partial charge in [0.25, 0.3) is 0 Å². The zero-order valence-electron chi connectivity index (χ0n) is 53.7. The molecule has 1 atom stereocenters. The van der Waals surface area contributed by atoms with E-state index in [1.54, 1.807) is 0 Å². The van der Waals surface area contributed by atoms with E-state index < -0.39 is 6.10 Å². The summed E-state index contributed by atoms with van der Waals surface area (Å²) in [4.78, 5) is 38.3. The van der Waals surface area contributed by atoms with Crippen LogP contribution in [0.1, 0.15) is 323 Å². The van der Waals surface area contributed by atoms with Gasteiger partial charge >= 0.3 is 17.9 Å². The monoisotopic (exact) mass is 1140 g/mol. The molecule has 0 radical (unpaired) electrons. The van der Waals surface area contributed by atoms with Crippen LogP contribution >= 0.6 is 0 Å². The van der Waals surface area contributed by atoms with Gasteiger partial charge in [-0.25, -0.2) is 0 Å². The van der Waals surface area contributed by atoms with Crippen LogP contribution in [-0.4, -0.2) is 37.2 Å². The third kappa shape index (κ3) is 66.6. The van der Waals surface area contributed by atoms with Crippen LogP contribution in [0.5, 0.6) is 0 Å². The van der Waals surface area contributed by atoms with Crippen LogP contribution in [0.3, 0.4) is 0 Å². The van der Waals surface area contributed by atoms with Gasteiger partial charge < -0.3 is 14.2 Å². The lowest BCUT2D eigenvalue weighted by Gasteiger charge is -2.18. The second-order valence-corrected chi connectivity index (χ2v) is 22.7. The third-order valence-corrected chi connectivity index (χ3v) is 14.7. The van der Waals surface area contributed by atoms with Crippen LogP contribution in [0.2, 0.25) is 0 Å². The highest BCUT2D eigenvalue weighted by molar-refractivity contribution is 5.71. The Bertz CT molecular complexity index is 1690. The molecule has 0 aliphatic heterocycles. The fraction of sp³-hybridized carbons (Fsp3) is 0.697. The highest BCUT2D eigenvalue weighted by Gasteiger charge is 2.19. The van der Waals surface area contributed by atoms with Crippen molar-refractivity contribution < 1.29 is 28.6 Å². The topological polar surface area (TPSA) is 78.9 Å². The summed E-state index contributed by atoms with van der Waals surface area (Å²) in [5.74, 6) is -1.01. The molecule has 0 fully saturated rings. The summed E-state index contributed by atoms with van der Waals surface area (Å²) < 4.78 is 16.9. The van der Waals surface area contributed by atoms with Crippen molar-refractivity contribution in [3.8, 4) is 0 Å². The number of unbranched alkanes of at least 4 members (excludes halogenated alkanes) is 31. The molecule has 0 heterocycles. The number of carbonyl (C=O) groups excluding carboxylic acids is 3. The molecule has 1 unspecified atom stereocenters. The van der Waals surface area contributed by atoms with Crippen molar-refractivity contribution in [2.45, 2.75) is 329 Å². The van der Waals surface area contributed by atoms with Crippen LogP contribution in [0.4, 0.5) is 0 Å². The molecule has 468 valence electrons. The molecular weight excluding hydrogens is 1010 g/mol. The lowest BCUT2D eigenvalue weighted by atomic mass is 10.0. The Morgan fingerprint density at radius 2 is 0.500 bits per heavy atom. The van der Waals surface area contributed by atoms with E-state index in [2.05, 4.69) is 136 Å². The molecule has 0 spiro atoms. The number of hydrogen-bond donors (Lipinski definition) is 0. The van der Waals surface area contributed by atoms with Gasteiger partial charge in [-0.1, -0.05) is 328 Å². The minimum absolute atomic E-state index is 0.111. The van der Waals surface area contributed by atoms with Gasteiger partial charge in [-0.05, 0) is 96.3 Å². The SMILES string of the molecule is CC/C=C\C/C=C\C/C=C\C/C=C\C/C=C\C/C=C\CCCCCCC(=O)OC(COC(=O)CC/C=C\C/C=C\C/C=C\C/C=C\CC)COC(=O)CCCCCCCCCCCCCCCCCCCCCCCCCCCCCC. The maximum atomic E-state index is 12.9. The lowest BCUT2D eigenvalue weighted by molar-refractivity contribution is -0.166. The molecule has 0 bridgehead atoms. The fourth-order valence-corrected chi connectivity index (χ4v) is 9.64. The summed E-state index contributed by atoms with van der Waals surface area (Å²) in [6.07, 6.45) is 96.8. The number of carbonyl (C=O) groups is 3. The summed E-state index contributed by atoms with van der Waals surface area (Å²) in [6.45, 7) is 6.36. The first kappa shape index (κ1) is 77.8. The number of hydrogen-bond acceptors (Lipinski definition) is 6. The zero-order valence-corrected chi connectivity index (χ0v) is 53.7. The minimum atomic E-state index is -0.824. The van der Waals surface area contributed by atoms with Gasteiger partial charge in [0.05, 0.1) is 0 Å². The molecule has 82 heavy (non-hydrogen) atoms. The average molecular weight is 1140 g/mol. The highest BCUT2D eigenvalue weighted by Crippen LogP contribution is 2.17. The number of rotatable bonds is 62.